The highest BCUT2D eigenvalue weighted by atomic mass is 16.6. The Morgan fingerprint density at radius 3 is 2.35 bits per heavy atom. The second-order valence-corrected chi connectivity index (χ2v) is 6.01. The van der Waals surface area contributed by atoms with Crippen LogP contribution >= 0.6 is 0 Å². The standard InChI is InChI=1S/C13H21NO3/c1-13(2,3)17-12(16)14-8-4-5-10(14)11(15)9-6-7-9/h9-10H,4-8H2,1-3H3/t10-/m0/s1. The molecule has 1 saturated heterocycles. The predicted molar refractivity (Wildman–Crippen MR) is 63.7 cm³/mol. The van der Waals surface area contributed by atoms with Gasteiger partial charge in [-0.3, -0.25) is 9.69 Å². The first kappa shape index (κ1) is 12.4. The Bertz CT molecular complexity index is 328. The molecule has 0 aromatic rings. The summed E-state index contributed by atoms with van der Waals surface area (Å²) in [4.78, 5) is 25.6. The van der Waals surface area contributed by atoms with Crippen LogP contribution in [0.15, 0.2) is 0 Å². The van der Waals surface area contributed by atoms with E-state index in [1.54, 1.807) is 4.90 Å². The number of ether oxygens (including phenoxy) is 1. The Morgan fingerprint density at radius 2 is 1.82 bits per heavy atom. The third-order valence-electron chi connectivity index (χ3n) is 3.19. The molecule has 2 aliphatic rings. The minimum Gasteiger partial charge on any atom is -0.444 e. The van der Waals surface area contributed by atoms with E-state index in [2.05, 4.69) is 0 Å². The van der Waals surface area contributed by atoms with Crippen LogP contribution in [0, 0.1) is 5.92 Å². The molecule has 0 spiro atoms. The molecular weight excluding hydrogens is 218 g/mol. The molecule has 1 saturated carbocycles. The highest BCUT2D eigenvalue weighted by molar-refractivity contribution is 5.91. The van der Waals surface area contributed by atoms with E-state index in [0.29, 0.717) is 6.54 Å². The zero-order valence-corrected chi connectivity index (χ0v) is 10.9. The van der Waals surface area contributed by atoms with Gasteiger partial charge in [0.05, 0.1) is 6.04 Å². The maximum absolute atomic E-state index is 12.0. The first-order valence-corrected chi connectivity index (χ1v) is 6.42. The second kappa shape index (κ2) is 4.31. The summed E-state index contributed by atoms with van der Waals surface area (Å²) in [7, 11) is 0. The minimum atomic E-state index is -0.493. The maximum atomic E-state index is 12.0. The van der Waals surface area contributed by atoms with Crippen molar-refractivity contribution in [3.8, 4) is 0 Å². The Balaban J connectivity index is 1.98. The van der Waals surface area contributed by atoms with Gasteiger partial charge in [-0.05, 0) is 46.5 Å². The third kappa shape index (κ3) is 2.99. The average Bonchev–Trinajstić information content (AvgIpc) is 2.91. The smallest absolute Gasteiger partial charge is 0.410 e. The Morgan fingerprint density at radius 1 is 1.18 bits per heavy atom. The number of carbonyl (C=O) groups excluding carboxylic acids is 2. The second-order valence-electron chi connectivity index (χ2n) is 6.01. The normalized spacial score (nSPS) is 24.9. The lowest BCUT2D eigenvalue weighted by Gasteiger charge is -2.27. The summed E-state index contributed by atoms with van der Waals surface area (Å²) in [6.07, 6.45) is 3.36. The van der Waals surface area contributed by atoms with Crippen LogP contribution in [0.1, 0.15) is 46.5 Å². The minimum absolute atomic E-state index is 0.211. The number of nitrogens with zero attached hydrogens (tertiary/aromatic N) is 1. The number of ketones is 1. The summed E-state index contributed by atoms with van der Waals surface area (Å²) in [6, 6.07) is -0.225. The van der Waals surface area contributed by atoms with E-state index in [0.717, 1.165) is 25.7 Å². The lowest BCUT2D eigenvalue weighted by molar-refractivity contribution is -0.124. The summed E-state index contributed by atoms with van der Waals surface area (Å²) in [5.74, 6) is 0.455. The van der Waals surface area contributed by atoms with Gasteiger partial charge in [0.25, 0.3) is 0 Å². The zero-order chi connectivity index (χ0) is 12.6. The van der Waals surface area contributed by atoms with Gasteiger partial charge in [0.15, 0.2) is 5.78 Å². The van der Waals surface area contributed by atoms with Gasteiger partial charge in [-0.1, -0.05) is 0 Å². The molecule has 4 nitrogen and oxygen atoms in total. The van der Waals surface area contributed by atoms with Crippen LogP contribution in [0.4, 0.5) is 4.79 Å². The number of amides is 1. The molecule has 0 bridgehead atoms. The summed E-state index contributed by atoms with van der Waals surface area (Å²) in [5, 5.41) is 0. The van der Waals surface area contributed by atoms with Gasteiger partial charge in [0.1, 0.15) is 5.60 Å². The van der Waals surface area contributed by atoms with E-state index in [4.69, 9.17) is 4.74 Å². The first-order chi connectivity index (χ1) is 7.88. The largest absolute Gasteiger partial charge is 0.444 e. The van der Waals surface area contributed by atoms with E-state index in [-0.39, 0.29) is 23.8 Å². The average molecular weight is 239 g/mol. The highest BCUT2D eigenvalue weighted by Crippen LogP contribution is 2.34. The third-order valence-corrected chi connectivity index (χ3v) is 3.19. The van der Waals surface area contributed by atoms with Gasteiger partial charge in [-0.25, -0.2) is 4.79 Å². The lowest BCUT2D eigenvalue weighted by atomic mass is 10.1. The van der Waals surface area contributed by atoms with Crippen molar-refractivity contribution in [1.82, 2.24) is 4.90 Å². The Hall–Kier alpha value is -1.06. The zero-order valence-electron chi connectivity index (χ0n) is 10.9. The number of likely N-dealkylation sites (tertiary alicyclic amines) is 1. The quantitative estimate of drug-likeness (QED) is 0.743. The molecule has 2 fully saturated rings. The van der Waals surface area contributed by atoms with Crippen molar-refractivity contribution in [1.29, 1.82) is 0 Å². The molecule has 1 atom stereocenters. The van der Waals surface area contributed by atoms with Crippen molar-refractivity contribution in [3.63, 3.8) is 0 Å². The summed E-state index contributed by atoms with van der Waals surface area (Å²) < 4.78 is 5.34. The molecular formula is C13H21NO3. The van der Waals surface area contributed by atoms with Crippen molar-refractivity contribution in [2.24, 2.45) is 5.92 Å². The van der Waals surface area contributed by atoms with E-state index in [9.17, 15) is 9.59 Å². The predicted octanol–water partition coefficient (Wildman–Crippen LogP) is 2.37. The van der Waals surface area contributed by atoms with Crippen molar-refractivity contribution >= 4 is 11.9 Å². The van der Waals surface area contributed by atoms with E-state index in [1.165, 1.54) is 0 Å². The van der Waals surface area contributed by atoms with Crippen LogP contribution in [0.5, 0.6) is 0 Å². The number of carbonyl (C=O) groups is 2. The van der Waals surface area contributed by atoms with Gasteiger partial charge in [0.2, 0.25) is 0 Å². The molecule has 1 aliphatic carbocycles. The summed E-state index contributed by atoms with van der Waals surface area (Å²) in [5.41, 5.74) is -0.493. The Kier molecular flexibility index (Phi) is 3.15. The maximum Gasteiger partial charge on any atom is 0.410 e. The van der Waals surface area contributed by atoms with Gasteiger partial charge < -0.3 is 4.74 Å². The number of rotatable bonds is 2. The van der Waals surface area contributed by atoms with E-state index in [1.807, 2.05) is 20.8 Å². The van der Waals surface area contributed by atoms with E-state index >= 15 is 0 Å². The summed E-state index contributed by atoms with van der Waals surface area (Å²) in [6.45, 7) is 6.19. The molecule has 96 valence electrons. The van der Waals surface area contributed by atoms with Crippen LogP contribution in [0.25, 0.3) is 0 Å². The topological polar surface area (TPSA) is 46.6 Å². The van der Waals surface area contributed by atoms with Gasteiger partial charge in [0, 0.05) is 12.5 Å². The molecule has 0 unspecified atom stereocenters. The monoisotopic (exact) mass is 239 g/mol. The summed E-state index contributed by atoms with van der Waals surface area (Å²) >= 11 is 0. The fourth-order valence-corrected chi connectivity index (χ4v) is 2.24. The molecule has 0 N–H and O–H groups in total. The molecule has 0 aromatic heterocycles. The highest BCUT2D eigenvalue weighted by Gasteiger charge is 2.42. The van der Waals surface area contributed by atoms with Crippen LogP contribution in [-0.2, 0) is 9.53 Å². The first-order valence-electron chi connectivity index (χ1n) is 6.42. The molecule has 1 aliphatic heterocycles. The van der Waals surface area contributed by atoms with Gasteiger partial charge in [-0.2, -0.15) is 0 Å². The van der Waals surface area contributed by atoms with Gasteiger partial charge in [-0.15, -0.1) is 0 Å². The SMILES string of the molecule is CC(C)(C)OC(=O)N1CCC[C@H]1C(=O)C1CC1. The van der Waals surface area contributed by atoms with Crippen molar-refractivity contribution in [3.05, 3.63) is 0 Å². The molecule has 4 heteroatoms. The fraction of sp³-hybridized carbons (Fsp3) is 0.846. The number of hydrogen-bond acceptors (Lipinski definition) is 3. The molecule has 1 amide bonds. The van der Waals surface area contributed by atoms with Crippen LogP contribution in [0.3, 0.4) is 0 Å². The van der Waals surface area contributed by atoms with Crippen LogP contribution in [-0.4, -0.2) is 35.0 Å². The van der Waals surface area contributed by atoms with Crippen LogP contribution in [0.2, 0.25) is 0 Å². The van der Waals surface area contributed by atoms with Crippen LogP contribution < -0.4 is 0 Å². The molecule has 2 rings (SSSR count). The van der Waals surface area contributed by atoms with Gasteiger partial charge >= 0.3 is 6.09 Å². The van der Waals surface area contributed by atoms with Crippen molar-refractivity contribution < 1.29 is 14.3 Å². The molecule has 1 heterocycles. The van der Waals surface area contributed by atoms with E-state index < -0.39 is 5.60 Å². The number of Topliss-reactive ketones (excluding diaryl/α,β-unsaturated/α-hetero) is 1. The molecule has 0 aromatic carbocycles. The molecule has 17 heavy (non-hydrogen) atoms. The lowest BCUT2D eigenvalue weighted by Crippen LogP contribution is -2.43. The number of hydrogen-bond donors (Lipinski definition) is 0. The molecule has 0 radical (unpaired) electrons. The fourth-order valence-electron chi connectivity index (χ4n) is 2.24. The van der Waals surface area contributed by atoms with Crippen molar-refractivity contribution in [2.45, 2.75) is 58.1 Å². The Labute approximate surface area is 102 Å². The van der Waals surface area contributed by atoms with Crippen molar-refractivity contribution in [2.75, 3.05) is 6.54 Å².